The van der Waals surface area contributed by atoms with Gasteiger partial charge in [-0.1, -0.05) is 11.2 Å². The molecule has 7 nitrogen and oxygen atoms in total. The molecular weight excluding hydrogens is 334 g/mol. The number of carbonyl (C=O) groups excluding carboxylic acids is 1. The van der Waals surface area contributed by atoms with E-state index in [0.717, 1.165) is 17.9 Å². The number of hydrogen-bond donors (Lipinski definition) is 0. The third-order valence-corrected chi connectivity index (χ3v) is 4.80. The Morgan fingerprint density at radius 2 is 2.00 bits per heavy atom. The molecule has 0 spiro atoms. The number of aryl methyl sites for hydroxylation is 1. The van der Waals surface area contributed by atoms with Crippen LogP contribution in [0.3, 0.4) is 0 Å². The van der Waals surface area contributed by atoms with Crippen LogP contribution in [0.15, 0.2) is 28.8 Å². The topological polar surface area (TPSA) is 68.0 Å². The maximum Gasteiger partial charge on any atom is 0.228 e. The van der Waals surface area contributed by atoms with E-state index >= 15 is 0 Å². The lowest BCUT2D eigenvalue weighted by atomic mass is 10.0. The summed E-state index contributed by atoms with van der Waals surface area (Å²) in [5, 5.41) is 3.92. The SMILES string of the molecule is COc1ccc(C2CN(C(=O)Cc3cc(C)on3)CCN2C)cc1OC. The van der Waals surface area contributed by atoms with Gasteiger partial charge in [0, 0.05) is 25.7 Å². The lowest BCUT2D eigenvalue weighted by Gasteiger charge is -2.39. The van der Waals surface area contributed by atoms with Crippen molar-refractivity contribution in [2.24, 2.45) is 0 Å². The van der Waals surface area contributed by atoms with Crippen molar-refractivity contribution in [1.29, 1.82) is 0 Å². The standard InChI is InChI=1S/C19H25N3O4/c1-13-9-15(20-26-13)11-19(23)22-8-7-21(2)16(12-22)14-5-6-17(24-3)18(10-14)25-4/h5-6,9-10,16H,7-8,11-12H2,1-4H3. The van der Waals surface area contributed by atoms with Crippen LogP contribution in [-0.2, 0) is 11.2 Å². The van der Waals surface area contributed by atoms with Crippen molar-refractivity contribution >= 4 is 5.91 Å². The molecule has 3 rings (SSSR count). The van der Waals surface area contributed by atoms with Gasteiger partial charge in [0.1, 0.15) is 5.76 Å². The second-order valence-corrected chi connectivity index (χ2v) is 6.56. The zero-order valence-corrected chi connectivity index (χ0v) is 15.7. The first-order valence-electron chi connectivity index (χ1n) is 8.64. The van der Waals surface area contributed by atoms with Gasteiger partial charge in [-0.2, -0.15) is 0 Å². The molecule has 0 radical (unpaired) electrons. The molecule has 140 valence electrons. The van der Waals surface area contributed by atoms with E-state index in [4.69, 9.17) is 14.0 Å². The molecule has 1 amide bonds. The molecule has 0 N–H and O–H groups in total. The van der Waals surface area contributed by atoms with Crippen molar-refractivity contribution in [3.05, 3.63) is 41.3 Å². The first-order valence-corrected chi connectivity index (χ1v) is 8.64. The van der Waals surface area contributed by atoms with Gasteiger partial charge in [0.15, 0.2) is 11.5 Å². The number of nitrogens with zero attached hydrogens (tertiary/aromatic N) is 3. The highest BCUT2D eigenvalue weighted by molar-refractivity contribution is 5.78. The maximum atomic E-state index is 12.7. The number of piperazine rings is 1. The van der Waals surface area contributed by atoms with E-state index in [9.17, 15) is 4.79 Å². The summed E-state index contributed by atoms with van der Waals surface area (Å²) in [4.78, 5) is 16.8. The first kappa shape index (κ1) is 18.3. The Labute approximate surface area is 153 Å². The molecule has 1 saturated heterocycles. The van der Waals surface area contributed by atoms with Crippen molar-refractivity contribution < 1.29 is 18.8 Å². The number of likely N-dealkylation sites (N-methyl/N-ethyl adjacent to an activating group) is 1. The zero-order valence-electron chi connectivity index (χ0n) is 15.7. The number of methoxy groups -OCH3 is 2. The molecule has 1 atom stereocenters. The molecule has 1 aromatic carbocycles. The van der Waals surface area contributed by atoms with E-state index in [-0.39, 0.29) is 18.4 Å². The fraction of sp³-hybridized carbons (Fsp3) is 0.474. The van der Waals surface area contributed by atoms with Gasteiger partial charge >= 0.3 is 0 Å². The zero-order chi connectivity index (χ0) is 18.7. The van der Waals surface area contributed by atoms with E-state index in [1.165, 1.54) is 0 Å². The first-order chi connectivity index (χ1) is 12.5. The Bertz CT molecular complexity index is 774. The molecule has 26 heavy (non-hydrogen) atoms. The number of rotatable bonds is 5. The molecule has 0 aliphatic carbocycles. The van der Waals surface area contributed by atoms with Crippen LogP contribution >= 0.6 is 0 Å². The normalized spacial score (nSPS) is 18.0. The van der Waals surface area contributed by atoms with Gasteiger partial charge in [-0.25, -0.2) is 0 Å². The molecule has 0 saturated carbocycles. The predicted octanol–water partition coefficient (Wildman–Crippen LogP) is 2.06. The summed E-state index contributed by atoms with van der Waals surface area (Å²) in [6.07, 6.45) is 0.264. The van der Waals surface area contributed by atoms with Gasteiger partial charge in [0.25, 0.3) is 0 Å². The molecule has 0 bridgehead atoms. The van der Waals surface area contributed by atoms with Crippen LogP contribution < -0.4 is 9.47 Å². The van der Waals surface area contributed by atoms with Gasteiger partial charge in [0.2, 0.25) is 5.91 Å². The van der Waals surface area contributed by atoms with Crippen molar-refractivity contribution in [3.63, 3.8) is 0 Å². The molecule has 1 fully saturated rings. The fourth-order valence-electron chi connectivity index (χ4n) is 3.29. The minimum atomic E-state index is 0.0666. The average Bonchev–Trinajstić information content (AvgIpc) is 3.06. The van der Waals surface area contributed by atoms with Gasteiger partial charge in [-0.05, 0) is 31.7 Å². The number of aromatic nitrogens is 1. The Morgan fingerprint density at radius 3 is 2.65 bits per heavy atom. The van der Waals surface area contributed by atoms with Crippen LogP contribution in [0.1, 0.15) is 23.1 Å². The molecule has 2 aromatic rings. The number of carbonyl (C=O) groups is 1. The van der Waals surface area contributed by atoms with Crippen molar-refractivity contribution in [3.8, 4) is 11.5 Å². The monoisotopic (exact) mass is 359 g/mol. The minimum absolute atomic E-state index is 0.0666. The number of ether oxygens (including phenoxy) is 2. The third kappa shape index (κ3) is 3.83. The molecule has 2 heterocycles. The summed E-state index contributed by atoms with van der Waals surface area (Å²) in [6, 6.07) is 7.82. The summed E-state index contributed by atoms with van der Waals surface area (Å²) >= 11 is 0. The lowest BCUT2D eigenvalue weighted by Crippen LogP contribution is -2.49. The largest absolute Gasteiger partial charge is 0.493 e. The summed E-state index contributed by atoms with van der Waals surface area (Å²) < 4.78 is 15.8. The van der Waals surface area contributed by atoms with Crippen LogP contribution in [0.25, 0.3) is 0 Å². The molecule has 1 aliphatic rings. The number of amides is 1. The van der Waals surface area contributed by atoms with Gasteiger partial charge in [-0.15, -0.1) is 0 Å². The Hall–Kier alpha value is -2.54. The van der Waals surface area contributed by atoms with Crippen molar-refractivity contribution in [2.75, 3.05) is 40.9 Å². The quantitative estimate of drug-likeness (QED) is 0.814. The van der Waals surface area contributed by atoms with Gasteiger partial charge < -0.3 is 18.9 Å². The van der Waals surface area contributed by atoms with E-state index in [2.05, 4.69) is 17.1 Å². The predicted molar refractivity (Wildman–Crippen MR) is 96.4 cm³/mol. The van der Waals surface area contributed by atoms with Crippen LogP contribution in [0, 0.1) is 6.92 Å². The second kappa shape index (κ2) is 7.78. The number of hydrogen-bond acceptors (Lipinski definition) is 6. The molecule has 1 aliphatic heterocycles. The fourth-order valence-corrected chi connectivity index (χ4v) is 3.29. The number of benzene rings is 1. The molecule has 1 aromatic heterocycles. The van der Waals surface area contributed by atoms with Crippen LogP contribution in [0.2, 0.25) is 0 Å². The summed E-state index contributed by atoms with van der Waals surface area (Å²) in [6.45, 7) is 3.96. The Kier molecular flexibility index (Phi) is 5.46. The molecule has 1 unspecified atom stereocenters. The van der Waals surface area contributed by atoms with Crippen LogP contribution in [0.5, 0.6) is 11.5 Å². The van der Waals surface area contributed by atoms with Crippen molar-refractivity contribution in [1.82, 2.24) is 15.0 Å². The van der Waals surface area contributed by atoms with Gasteiger partial charge in [0.05, 0.1) is 32.4 Å². The summed E-state index contributed by atoms with van der Waals surface area (Å²) in [5.74, 6) is 2.18. The Morgan fingerprint density at radius 1 is 1.23 bits per heavy atom. The summed E-state index contributed by atoms with van der Waals surface area (Å²) in [7, 11) is 5.32. The average molecular weight is 359 g/mol. The van der Waals surface area contributed by atoms with E-state index in [1.54, 1.807) is 20.3 Å². The van der Waals surface area contributed by atoms with E-state index < -0.39 is 0 Å². The third-order valence-electron chi connectivity index (χ3n) is 4.80. The lowest BCUT2D eigenvalue weighted by molar-refractivity contribution is -0.133. The second-order valence-electron chi connectivity index (χ2n) is 6.56. The molecular formula is C19H25N3O4. The minimum Gasteiger partial charge on any atom is -0.493 e. The highest BCUT2D eigenvalue weighted by Gasteiger charge is 2.29. The highest BCUT2D eigenvalue weighted by Crippen LogP contribution is 2.33. The summed E-state index contributed by atoms with van der Waals surface area (Å²) in [5.41, 5.74) is 1.77. The highest BCUT2D eigenvalue weighted by atomic mass is 16.5. The van der Waals surface area contributed by atoms with E-state index in [1.807, 2.05) is 30.0 Å². The maximum absolute atomic E-state index is 12.7. The van der Waals surface area contributed by atoms with Crippen molar-refractivity contribution in [2.45, 2.75) is 19.4 Å². The molecule has 7 heteroatoms. The van der Waals surface area contributed by atoms with Crippen LogP contribution in [0.4, 0.5) is 0 Å². The smallest absolute Gasteiger partial charge is 0.228 e. The van der Waals surface area contributed by atoms with E-state index in [0.29, 0.717) is 30.3 Å². The Balaban J connectivity index is 1.74. The van der Waals surface area contributed by atoms with Gasteiger partial charge in [-0.3, -0.25) is 9.69 Å². The van der Waals surface area contributed by atoms with Crippen LogP contribution in [-0.4, -0.2) is 61.8 Å².